The first kappa shape index (κ1) is 23.3. The largest absolute Gasteiger partial charge is 0.494 e. The van der Waals surface area contributed by atoms with Gasteiger partial charge in [0.15, 0.2) is 5.78 Å². The summed E-state index contributed by atoms with van der Waals surface area (Å²) in [6, 6.07) is 7.78. The normalized spacial score (nSPS) is 28.7. The average molecular weight is 441 g/mol. The Morgan fingerprint density at radius 2 is 1.59 bits per heavy atom. The van der Waals surface area contributed by atoms with Crippen molar-refractivity contribution in [2.24, 2.45) is 5.92 Å². The second-order valence-electron chi connectivity index (χ2n) is 11.5. The molecule has 2 atom stereocenters. The highest BCUT2D eigenvalue weighted by Crippen LogP contribution is 2.41. The molecule has 1 aromatic carbocycles. The molecule has 6 nitrogen and oxygen atoms in total. The molecule has 3 aliphatic rings. The number of Topliss-reactive ketones (excluding diaryl/α,β-unsaturated/α-hetero) is 1. The first-order valence-electron chi connectivity index (χ1n) is 11.8. The summed E-state index contributed by atoms with van der Waals surface area (Å²) in [6.45, 7) is 13.8. The summed E-state index contributed by atoms with van der Waals surface area (Å²) >= 11 is 0. The van der Waals surface area contributed by atoms with Gasteiger partial charge in [0.25, 0.3) is 0 Å². The molecular weight excluding hydrogens is 405 g/mol. The van der Waals surface area contributed by atoms with Crippen molar-refractivity contribution in [2.75, 3.05) is 0 Å². The maximum absolute atomic E-state index is 13.4. The highest BCUT2D eigenvalue weighted by Gasteiger charge is 2.52. The van der Waals surface area contributed by atoms with Crippen LogP contribution < -0.4 is 5.46 Å². The van der Waals surface area contributed by atoms with Gasteiger partial charge in [0.1, 0.15) is 5.60 Å². The third kappa shape index (κ3) is 4.34. The molecule has 0 aromatic heterocycles. The number of amides is 1. The van der Waals surface area contributed by atoms with E-state index in [1.807, 2.05) is 77.6 Å². The Balaban J connectivity index is 1.47. The lowest BCUT2D eigenvalue weighted by molar-refractivity contribution is 0.00254. The van der Waals surface area contributed by atoms with Crippen LogP contribution in [0.2, 0.25) is 0 Å². The molecule has 2 unspecified atom stereocenters. The lowest BCUT2D eigenvalue weighted by Crippen LogP contribution is -2.49. The second kappa shape index (κ2) is 7.87. The molecule has 1 aromatic rings. The molecule has 2 bridgehead atoms. The Morgan fingerprint density at radius 3 is 2.12 bits per heavy atom. The van der Waals surface area contributed by atoms with E-state index in [9.17, 15) is 9.59 Å². The lowest BCUT2D eigenvalue weighted by atomic mass is 9.77. The summed E-state index contributed by atoms with van der Waals surface area (Å²) in [7, 11) is -0.488. The number of hydrogen-bond donors (Lipinski definition) is 0. The highest BCUT2D eigenvalue weighted by molar-refractivity contribution is 6.62. The van der Waals surface area contributed by atoms with E-state index in [0.29, 0.717) is 18.4 Å². The molecule has 174 valence electrons. The Bertz CT molecular complexity index is 876. The van der Waals surface area contributed by atoms with Crippen molar-refractivity contribution in [1.29, 1.82) is 0 Å². The van der Waals surface area contributed by atoms with Crippen LogP contribution in [-0.4, -0.2) is 52.8 Å². The smallest absolute Gasteiger partial charge is 0.444 e. The fourth-order valence-electron chi connectivity index (χ4n) is 5.06. The van der Waals surface area contributed by atoms with Gasteiger partial charge in [-0.2, -0.15) is 0 Å². The van der Waals surface area contributed by atoms with Gasteiger partial charge < -0.3 is 18.9 Å². The summed E-state index contributed by atoms with van der Waals surface area (Å²) < 4.78 is 17.9. The van der Waals surface area contributed by atoms with Crippen LogP contribution in [0.1, 0.15) is 84.5 Å². The van der Waals surface area contributed by atoms with E-state index >= 15 is 0 Å². The summed E-state index contributed by atoms with van der Waals surface area (Å²) in [5.74, 6) is 0.0591. The number of ether oxygens (including phenoxy) is 1. The number of nitrogens with zero attached hydrogens (tertiary/aromatic N) is 1. The van der Waals surface area contributed by atoms with Crippen LogP contribution in [0.5, 0.6) is 0 Å². The summed E-state index contributed by atoms with van der Waals surface area (Å²) in [5, 5.41) is 0. The first-order chi connectivity index (χ1) is 14.8. The van der Waals surface area contributed by atoms with Gasteiger partial charge in [0, 0.05) is 23.6 Å². The Labute approximate surface area is 192 Å². The zero-order valence-electron chi connectivity index (χ0n) is 20.4. The third-order valence-electron chi connectivity index (χ3n) is 7.40. The molecule has 1 amide bonds. The molecule has 4 rings (SSSR count). The Hall–Kier alpha value is -1.86. The van der Waals surface area contributed by atoms with Crippen molar-refractivity contribution in [3.8, 4) is 0 Å². The molecule has 0 spiro atoms. The van der Waals surface area contributed by atoms with E-state index in [2.05, 4.69) is 0 Å². The van der Waals surface area contributed by atoms with E-state index in [4.69, 9.17) is 14.0 Å². The van der Waals surface area contributed by atoms with E-state index in [-0.39, 0.29) is 29.9 Å². The summed E-state index contributed by atoms with van der Waals surface area (Å²) in [5.41, 5.74) is 0.185. The minimum Gasteiger partial charge on any atom is -0.444 e. The molecule has 3 heterocycles. The standard InChI is InChI=1S/C25H36BNO5/c1-23(2,3)30-22(29)27-19-11-12-20(27)15-17(14-19)21(28)16-9-8-10-18(13-16)26-31-24(4,5)25(6,7)32-26/h8-10,13,17,19-20H,11-12,14-15H2,1-7H3. The molecule has 32 heavy (non-hydrogen) atoms. The maximum atomic E-state index is 13.4. The van der Waals surface area contributed by atoms with Crippen molar-refractivity contribution in [1.82, 2.24) is 4.90 Å². The van der Waals surface area contributed by atoms with E-state index in [1.54, 1.807) is 0 Å². The van der Waals surface area contributed by atoms with Crippen LogP contribution >= 0.6 is 0 Å². The summed E-state index contributed by atoms with van der Waals surface area (Å²) in [4.78, 5) is 28.0. The van der Waals surface area contributed by atoms with Gasteiger partial charge >= 0.3 is 13.2 Å². The fourth-order valence-corrected chi connectivity index (χ4v) is 5.06. The highest BCUT2D eigenvalue weighted by atomic mass is 16.7. The number of carbonyl (C=O) groups is 2. The van der Waals surface area contributed by atoms with E-state index in [0.717, 1.165) is 18.3 Å². The molecule has 0 N–H and O–H groups in total. The molecule has 0 aliphatic carbocycles. The monoisotopic (exact) mass is 441 g/mol. The molecule has 3 fully saturated rings. The van der Waals surface area contributed by atoms with Crippen LogP contribution in [0.3, 0.4) is 0 Å². The first-order valence-corrected chi connectivity index (χ1v) is 11.8. The minimum absolute atomic E-state index is 0.0730. The van der Waals surface area contributed by atoms with Crippen molar-refractivity contribution in [3.05, 3.63) is 29.8 Å². The van der Waals surface area contributed by atoms with Gasteiger partial charge in [0.05, 0.1) is 11.2 Å². The van der Waals surface area contributed by atoms with Gasteiger partial charge in [0.2, 0.25) is 0 Å². The number of rotatable bonds is 3. The number of benzene rings is 1. The molecule has 0 radical (unpaired) electrons. The number of fused-ring (bicyclic) bond motifs is 2. The number of ketones is 1. The van der Waals surface area contributed by atoms with Gasteiger partial charge in [-0.25, -0.2) is 4.79 Å². The van der Waals surface area contributed by atoms with Crippen LogP contribution in [0.15, 0.2) is 24.3 Å². The van der Waals surface area contributed by atoms with Crippen LogP contribution in [-0.2, 0) is 14.0 Å². The zero-order valence-corrected chi connectivity index (χ0v) is 20.4. The van der Waals surface area contributed by atoms with Gasteiger partial charge in [-0.15, -0.1) is 0 Å². The van der Waals surface area contributed by atoms with Gasteiger partial charge in [-0.05, 0) is 79.6 Å². The molecule has 3 saturated heterocycles. The molecule has 7 heteroatoms. The second-order valence-corrected chi connectivity index (χ2v) is 11.5. The average Bonchev–Trinajstić information content (AvgIpc) is 3.07. The van der Waals surface area contributed by atoms with Gasteiger partial charge in [-0.3, -0.25) is 4.79 Å². The predicted octanol–water partition coefficient (Wildman–Crippen LogP) is 4.35. The van der Waals surface area contributed by atoms with E-state index in [1.165, 1.54) is 0 Å². The molecule has 3 aliphatic heterocycles. The summed E-state index contributed by atoms with van der Waals surface area (Å²) in [6.07, 6.45) is 2.99. The van der Waals surface area contributed by atoms with Crippen LogP contribution in [0.4, 0.5) is 4.79 Å². The quantitative estimate of drug-likeness (QED) is 0.516. The SMILES string of the molecule is CC(C)(C)OC(=O)N1C2CCC1CC(C(=O)c1cccc(B3OC(C)(C)C(C)(C)O3)c1)C2. The third-order valence-corrected chi connectivity index (χ3v) is 7.40. The van der Waals surface area contributed by atoms with Crippen molar-refractivity contribution < 1.29 is 23.6 Å². The predicted molar refractivity (Wildman–Crippen MR) is 124 cm³/mol. The minimum atomic E-state index is -0.517. The molecular formula is C25H36BNO5. The van der Waals surface area contributed by atoms with Gasteiger partial charge in [-0.1, -0.05) is 24.3 Å². The van der Waals surface area contributed by atoms with Crippen LogP contribution in [0.25, 0.3) is 0 Å². The van der Waals surface area contributed by atoms with Crippen molar-refractivity contribution in [3.63, 3.8) is 0 Å². The molecule has 0 saturated carbocycles. The number of piperidine rings is 1. The van der Waals surface area contributed by atoms with Crippen molar-refractivity contribution in [2.45, 2.75) is 103 Å². The lowest BCUT2D eigenvalue weighted by Gasteiger charge is -2.39. The number of hydrogen-bond acceptors (Lipinski definition) is 5. The number of carbonyl (C=O) groups excluding carboxylic acids is 2. The topological polar surface area (TPSA) is 65.1 Å². The fraction of sp³-hybridized carbons (Fsp3) is 0.680. The zero-order chi connectivity index (χ0) is 23.5. The van der Waals surface area contributed by atoms with Crippen LogP contribution in [0, 0.1) is 5.92 Å². The Morgan fingerprint density at radius 1 is 1.03 bits per heavy atom. The Kier molecular flexibility index (Phi) is 5.74. The van der Waals surface area contributed by atoms with E-state index < -0.39 is 23.9 Å². The van der Waals surface area contributed by atoms with Crippen molar-refractivity contribution >= 4 is 24.5 Å². The maximum Gasteiger partial charge on any atom is 0.494 e.